The Morgan fingerprint density at radius 2 is 2.00 bits per heavy atom. The molecular weight excluding hydrogens is 200 g/mol. The molecule has 84 valence electrons. The van der Waals surface area contributed by atoms with Gasteiger partial charge in [0.05, 0.1) is 0 Å². The number of aryl methyl sites for hydroxylation is 3. The molecule has 3 heteroatoms. The van der Waals surface area contributed by atoms with E-state index in [2.05, 4.69) is 5.10 Å². The number of hydrogen-bond acceptors (Lipinski definition) is 2. The molecule has 0 radical (unpaired) electrons. The van der Waals surface area contributed by atoms with Crippen molar-refractivity contribution in [2.45, 2.75) is 20.3 Å². The molecule has 0 saturated heterocycles. The van der Waals surface area contributed by atoms with Crippen molar-refractivity contribution >= 4 is 0 Å². The largest absolute Gasteiger partial charge is 0.504 e. The first-order valence-corrected chi connectivity index (χ1v) is 5.46. The predicted molar refractivity (Wildman–Crippen MR) is 64.4 cm³/mol. The fourth-order valence-electron chi connectivity index (χ4n) is 1.95. The number of aromatic nitrogens is 2. The van der Waals surface area contributed by atoms with Gasteiger partial charge in [0, 0.05) is 12.6 Å². The summed E-state index contributed by atoms with van der Waals surface area (Å²) in [7, 11) is 1.86. The van der Waals surface area contributed by atoms with Crippen molar-refractivity contribution in [2.75, 3.05) is 0 Å². The van der Waals surface area contributed by atoms with Gasteiger partial charge in [-0.25, -0.2) is 0 Å². The second-order valence-electron chi connectivity index (χ2n) is 3.94. The zero-order valence-electron chi connectivity index (χ0n) is 9.86. The molecule has 0 unspecified atom stereocenters. The Balaban J connectivity index is 2.65. The molecule has 1 heterocycles. The molecule has 0 saturated carbocycles. The molecule has 0 bridgehead atoms. The van der Waals surface area contributed by atoms with Crippen LogP contribution in [0.3, 0.4) is 0 Å². The van der Waals surface area contributed by atoms with Gasteiger partial charge < -0.3 is 5.11 Å². The van der Waals surface area contributed by atoms with E-state index in [1.165, 1.54) is 0 Å². The van der Waals surface area contributed by atoms with Gasteiger partial charge in [-0.2, -0.15) is 5.10 Å². The van der Waals surface area contributed by atoms with E-state index in [1.807, 2.05) is 45.2 Å². The van der Waals surface area contributed by atoms with Crippen LogP contribution in [0.15, 0.2) is 24.3 Å². The first-order valence-electron chi connectivity index (χ1n) is 5.46. The maximum Gasteiger partial charge on any atom is 0.164 e. The van der Waals surface area contributed by atoms with Crippen molar-refractivity contribution in [2.24, 2.45) is 7.05 Å². The lowest BCUT2D eigenvalue weighted by atomic mass is 10.0. The monoisotopic (exact) mass is 216 g/mol. The number of aromatic hydroxyl groups is 1. The minimum Gasteiger partial charge on any atom is -0.504 e. The van der Waals surface area contributed by atoms with Crippen molar-refractivity contribution in [3.8, 4) is 17.0 Å². The van der Waals surface area contributed by atoms with Crippen LogP contribution in [-0.2, 0) is 13.5 Å². The Hall–Kier alpha value is -1.77. The molecule has 2 rings (SSSR count). The third-order valence-corrected chi connectivity index (χ3v) is 2.83. The highest BCUT2D eigenvalue weighted by Crippen LogP contribution is 2.33. The smallest absolute Gasteiger partial charge is 0.164 e. The molecule has 0 fully saturated rings. The van der Waals surface area contributed by atoms with Gasteiger partial charge in [-0.15, -0.1) is 0 Å². The lowest BCUT2D eigenvalue weighted by molar-refractivity contribution is 0.470. The van der Waals surface area contributed by atoms with E-state index >= 15 is 0 Å². The van der Waals surface area contributed by atoms with Crippen LogP contribution in [0.2, 0.25) is 0 Å². The number of rotatable bonds is 2. The fourth-order valence-corrected chi connectivity index (χ4v) is 1.95. The Kier molecular flexibility index (Phi) is 2.69. The van der Waals surface area contributed by atoms with Gasteiger partial charge >= 0.3 is 0 Å². The number of nitrogens with zero attached hydrogens (tertiary/aromatic N) is 2. The van der Waals surface area contributed by atoms with E-state index in [9.17, 15) is 5.11 Å². The molecule has 1 aromatic heterocycles. The quantitative estimate of drug-likeness (QED) is 0.838. The summed E-state index contributed by atoms with van der Waals surface area (Å²) < 4.78 is 1.75. The van der Waals surface area contributed by atoms with Crippen molar-refractivity contribution in [1.82, 2.24) is 9.78 Å². The van der Waals surface area contributed by atoms with Crippen LogP contribution < -0.4 is 0 Å². The Morgan fingerprint density at radius 1 is 1.31 bits per heavy atom. The van der Waals surface area contributed by atoms with Crippen LogP contribution in [0.25, 0.3) is 11.3 Å². The van der Waals surface area contributed by atoms with Crippen molar-refractivity contribution < 1.29 is 5.11 Å². The number of hydrogen-bond donors (Lipinski definition) is 1. The van der Waals surface area contributed by atoms with E-state index in [0.29, 0.717) is 5.75 Å². The van der Waals surface area contributed by atoms with Gasteiger partial charge in [0.15, 0.2) is 5.75 Å². The van der Waals surface area contributed by atoms with Gasteiger partial charge in [-0.1, -0.05) is 31.2 Å². The lowest BCUT2D eigenvalue weighted by Crippen LogP contribution is -1.95. The molecule has 0 amide bonds. The standard InChI is InChI=1S/C13H16N2O/c1-4-11-13(16)12(15(3)14-11)10-8-6-5-7-9(10)2/h5-8,16H,4H2,1-3H3. The third-order valence-electron chi connectivity index (χ3n) is 2.83. The summed E-state index contributed by atoms with van der Waals surface area (Å²) in [6, 6.07) is 8.01. The summed E-state index contributed by atoms with van der Waals surface area (Å²) in [6.07, 6.45) is 0.742. The minimum atomic E-state index is 0.305. The summed E-state index contributed by atoms with van der Waals surface area (Å²) >= 11 is 0. The summed E-state index contributed by atoms with van der Waals surface area (Å²) in [4.78, 5) is 0. The Bertz CT molecular complexity index is 515. The molecule has 2 aromatic rings. The summed E-state index contributed by atoms with van der Waals surface area (Å²) in [5, 5.41) is 14.4. The van der Waals surface area contributed by atoms with E-state index in [0.717, 1.165) is 28.9 Å². The molecule has 0 aliphatic heterocycles. The molecule has 3 nitrogen and oxygen atoms in total. The highest BCUT2D eigenvalue weighted by Gasteiger charge is 2.16. The van der Waals surface area contributed by atoms with Crippen molar-refractivity contribution in [1.29, 1.82) is 0 Å². The van der Waals surface area contributed by atoms with Crippen LogP contribution in [0.5, 0.6) is 5.75 Å². The van der Waals surface area contributed by atoms with E-state index in [1.54, 1.807) is 4.68 Å². The first kappa shape index (κ1) is 10.7. The van der Waals surface area contributed by atoms with Crippen molar-refractivity contribution in [3.63, 3.8) is 0 Å². The van der Waals surface area contributed by atoms with Crippen LogP contribution in [0, 0.1) is 6.92 Å². The average Bonchev–Trinajstić information content (AvgIpc) is 2.55. The van der Waals surface area contributed by atoms with Crippen LogP contribution in [0.1, 0.15) is 18.2 Å². The highest BCUT2D eigenvalue weighted by molar-refractivity contribution is 5.70. The zero-order valence-corrected chi connectivity index (χ0v) is 9.86. The molecule has 0 aliphatic rings. The van der Waals surface area contributed by atoms with Gasteiger partial charge in [-0.3, -0.25) is 4.68 Å². The van der Waals surface area contributed by atoms with Crippen molar-refractivity contribution in [3.05, 3.63) is 35.5 Å². The van der Waals surface area contributed by atoms with Crippen LogP contribution >= 0.6 is 0 Å². The van der Waals surface area contributed by atoms with E-state index in [4.69, 9.17) is 0 Å². The predicted octanol–water partition coefficient (Wildman–Crippen LogP) is 2.66. The SMILES string of the molecule is CCc1nn(C)c(-c2ccccc2C)c1O. The topological polar surface area (TPSA) is 38.0 Å². The van der Waals surface area contributed by atoms with Crippen LogP contribution in [0.4, 0.5) is 0 Å². The van der Waals surface area contributed by atoms with Gasteiger partial charge in [0.25, 0.3) is 0 Å². The molecule has 1 N–H and O–H groups in total. The summed E-state index contributed by atoms with van der Waals surface area (Å²) in [6.45, 7) is 4.02. The average molecular weight is 216 g/mol. The summed E-state index contributed by atoms with van der Waals surface area (Å²) in [5.41, 5.74) is 3.73. The highest BCUT2D eigenvalue weighted by atomic mass is 16.3. The minimum absolute atomic E-state index is 0.305. The molecule has 1 aromatic carbocycles. The second kappa shape index (κ2) is 4.00. The Labute approximate surface area is 95.3 Å². The van der Waals surface area contributed by atoms with E-state index in [-0.39, 0.29) is 0 Å². The van der Waals surface area contributed by atoms with E-state index < -0.39 is 0 Å². The van der Waals surface area contributed by atoms with Gasteiger partial charge in [0.2, 0.25) is 0 Å². The lowest BCUT2D eigenvalue weighted by Gasteiger charge is -2.06. The number of benzene rings is 1. The Morgan fingerprint density at radius 3 is 2.56 bits per heavy atom. The second-order valence-corrected chi connectivity index (χ2v) is 3.94. The molecular formula is C13H16N2O. The molecule has 0 aliphatic carbocycles. The molecule has 16 heavy (non-hydrogen) atoms. The summed E-state index contributed by atoms with van der Waals surface area (Å²) in [5.74, 6) is 0.305. The normalized spacial score (nSPS) is 10.7. The molecule has 0 spiro atoms. The van der Waals surface area contributed by atoms with Gasteiger partial charge in [0.1, 0.15) is 11.4 Å². The zero-order chi connectivity index (χ0) is 11.7. The third kappa shape index (κ3) is 1.58. The fraction of sp³-hybridized carbons (Fsp3) is 0.308. The maximum atomic E-state index is 10.1. The van der Waals surface area contributed by atoms with Gasteiger partial charge in [-0.05, 0) is 18.9 Å². The molecule has 0 atom stereocenters. The first-order chi connectivity index (χ1) is 7.65. The van der Waals surface area contributed by atoms with Crippen LogP contribution in [-0.4, -0.2) is 14.9 Å². The maximum absolute atomic E-state index is 10.1.